The second kappa shape index (κ2) is 13.1. The first-order valence-electron chi connectivity index (χ1n) is 9.65. The Morgan fingerprint density at radius 1 is 1.32 bits per heavy atom. The van der Waals surface area contributed by atoms with Crippen LogP contribution in [0.4, 0.5) is 0 Å². The van der Waals surface area contributed by atoms with E-state index in [9.17, 15) is 0 Å². The first kappa shape index (κ1) is 24.8. The lowest BCUT2D eigenvalue weighted by Gasteiger charge is -2.38. The van der Waals surface area contributed by atoms with Crippen LogP contribution >= 0.6 is 24.0 Å². The van der Waals surface area contributed by atoms with E-state index in [0.29, 0.717) is 18.6 Å². The number of benzene rings is 1. The summed E-state index contributed by atoms with van der Waals surface area (Å²) in [6, 6.07) is 6.65. The normalized spacial score (nSPS) is 18.8. The van der Waals surface area contributed by atoms with E-state index < -0.39 is 0 Å². The van der Waals surface area contributed by atoms with Crippen molar-refractivity contribution in [2.75, 3.05) is 47.1 Å². The molecule has 1 saturated heterocycles. The summed E-state index contributed by atoms with van der Waals surface area (Å²) in [5.41, 5.74) is 1.02. The van der Waals surface area contributed by atoms with Crippen molar-refractivity contribution in [1.82, 2.24) is 15.5 Å². The van der Waals surface area contributed by atoms with Gasteiger partial charge in [0.15, 0.2) is 5.96 Å². The van der Waals surface area contributed by atoms with Gasteiger partial charge in [0, 0.05) is 43.3 Å². The number of hydrogen-bond acceptors (Lipinski definition) is 5. The zero-order chi connectivity index (χ0) is 19.6. The van der Waals surface area contributed by atoms with Crippen molar-refractivity contribution in [3.8, 4) is 11.5 Å². The number of guanidine groups is 1. The third kappa shape index (κ3) is 7.29. The summed E-state index contributed by atoms with van der Waals surface area (Å²) >= 11 is 0. The monoisotopic (exact) mass is 506 g/mol. The number of halogens is 1. The number of ether oxygens (including phenoxy) is 3. The lowest BCUT2D eigenvalue weighted by Crippen LogP contribution is -2.53. The summed E-state index contributed by atoms with van der Waals surface area (Å²) < 4.78 is 16.2. The molecule has 8 heteroatoms. The molecule has 160 valence electrons. The molecule has 2 atom stereocenters. The number of aliphatic imine (C=N–C) groups is 1. The summed E-state index contributed by atoms with van der Waals surface area (Å²) in [5, 5.41) is 6.77. The van der Waals surface area contributed by atoms with Crippen molar-refractivity contribution in [3.05, 3.63) is 23.8 Å². The third-order valence-corrected chi connectivity index (χ3v) is 4.80. The maximum absolute atomic E-state index is 5.53. The largest absolute Gasteiger partial charge is 0.497 e. The lowest BCUT2D eigenvalue weighted by atomic mass is 10.2. The van der Waals surface area contributed by atoms with E-state index in [1.165, 1.54) is 0 Å². The van der Waals surface area contributed by atoms with Crippen molar-refractivity contribution < 1.29 is 14.2 Å². The van der Waals surface area contributed by atoms with E-state index in [-0.39, 0.29) is 24.0 Å². The fourth-order valence-corrected chi connectivity index (χ4v) is 3.24. The van der Waals surface area contributed by atoms with Gasteiger partial charge in [-0.1, -0.05) is 0 Å². The van der Waals surface area contributed by atoms with Crippen LogP contribution in [0.25, 0.3) is 0 Å². The number of nitrogens with one attached hydrogen (secondary N) is 2. The molecule has 7 nitrogen and oxygen atoms in total. The average Bonchev–Trinajstić information content (AvgIpc) is 2.70. The first-order valence-corrected chi connectivity index (χ1v) is 9.65. The minimum absolute atomic E-state index is 0. The number of morpholine rings is 1. The average molecular weight is 506 g/mol. The van der Waals surface area contributed by atoms with Crippen LogP contribution in [0, 0.1) is 0 Å². The Hall–Kier alpha value is -1.26. The van der Waals surface area contributed by atoms with E-state index in [0.717, 1.165) is 55.9 Å². The molecule has 0 aromatic heterocycles. The van der Waals surface area contributed by atoms with Gasteiger partial charge in [-0.25, -0.2) is 4.99 Å². The minimum atomic E-state index is 0. The second-order valence-electron chi connectivity index (χ2n) is 6.76. The lowest BCUT2D eigenvalue weighted by molar-refractivity contribution is -0.0174. The highest BCUT2D eigenvalue weighted by molar-refractivity contribution is 14.0. The Bertz CT molecular complexity index is 615. The number of hydrogen-bond donors (Lipinski definition) is 2. The van der Waals surface area contributed by atoms with Crippen LogP contribution in [0.5, 0.6) is 11.5 Å². The maximum Gasteiger partial charge on any atom is 0.191 e. The minimum Gasteiger partial charge on any atom is -0.497 e. The fourth-order valence-electron chi connectivity index (χ4n) is 3.24. The van der Waals surface area contributed by atoms with Gasteiger partial charge in [-0.2, -0.15) is 0 Å². The van der Waals surface area contributed by atoms with Gasteiger partial charge in [0.1, 0.15) is 11.5 Å². The van der Waals surface area contributed by atoms with Crippen LogP contribution in [0.2, 0.25) is 0 Å². The van der Waals surface area contributed by atoms with Crippen molar-refractivity contribution in [1.29, 1.82) is 0 Å². The Balaban J connectivity index is 0.00000392. The van der Waals surface area contributed by atoms with Crippen molar-refractivity contribution in [2.24, 2.45) is 4.99 Å². The predicted octanol–water partition coefficient (Wildman–Crippen LogP) is 2.49. The molecule has 0 bridgehead atoms. The fraction of sp³-hybridized carbons (Fsp3) is 0.650. The van der Waals surface area contributed by atoms with E-state index in [2.05, 4.69) is 36.3 Å². The van der Waals surface area contributed by atoms with Crippen LogP contribution in [0.15, 0.2) is 23.2 Å². The van der Waals surface area contributed by atoms with Gasteiger partial charge >= 0.3 is 0 Å². The van der Waals surface area contributed by atoms with Gasteiger partial charge in [0.2, 0.25) is 0 Å². The van der Waals surface area contributed by atoms with Crippen LogP contribution in [0.1, 0.15) is 26.3 Å². The molecule has 0 saturated carbocycles. The summed E-state index contributed by atoms with van der Waals surface area (Å²) in [7, 11) is 3.31. The molecule has 1 fully saturated rings. The van der Waals surface area contributed by atoms with Crippen LogP contribution in [-0.4, -0.2) is 70.0 Å². The second-order valence-corrected chi connectivity index (χ2v) is 6.76. The van der Waals surface area contributed by atoms with Crippen LogP contribution in [-0.2, 0) is 11.3 Å². The molecule has 1 aliphatic rings. The molecule has 2 unspecified atom stereocenters. The third-order valence-electron chi connectivity index (χ3n) is 4.80. The number of rotatable bonds is 8. The molecule has 2 rings (SSSR count). The topological polar surface area (TPSA) is 67.4 Å². The molecule has 1 aromatic rings. The molecule has 1 aromatic carbocycles. The Morgan fingerprint density at radius 2 is 2.11 bits per heavy atom. The van der Waals surface area contributed by atoms with Crippen molar-refractivity contribution >= 4 is 29.9 Å². The van der Waals surface area contributed by atoms with Crippen molar-refractivity contribution in [2.45, 2.75) is 39.4 Å². The summed E-state index contributed by atoms with van der Waals surface area (Å²) in [6.07, 6.45) is 0. The zero-order valence-corrected chi connectivity index (χ0v) is 20.0. The molecule has 0 radical (unpaired) electrons. The number of nitrogens with zero attached hydrogens (tertiary/aromatic N) is 2. The van der Waals surface area contributed by atoms with E-state index in [1.807, 2.05) is 18.2 Å². The standard InChI is InChI=1S/C20H34N4O3.HI/c1-6-21-20(22-12-15(2)24-9-10-27-14-16(24)3)23-13-17-7-8-18(25-4)11-19(17)26-5;/h7-8,11,15-16H,6,9-10,12-14H2,1-5H3,(H2,21,22,23);1H. The first-order chi connectivity index (χ1) is 13.1. The van der Waals surface area contributed by atoms with Gasteiger partial charge in [-0.3, -0.25) is 4.90 Å². The maximum atomic E-state index is 5.53. The van der Waals surface area contributed by atoms with E-state index >= 15 is 0 Å². The highest BCUT2D eigenvalue weighted by atomic mass is 127. The molecule has 0 amide bonds. The predicted molar refractivity (Wildman–Crippen MR) is 124 cm³/mol. The van der Waals surface area contributed by atoms with Gasteiger partial charge < -0.3 is 24.8 Å². The molecule has 28 heavy (non-hydrogen) atoms. The molecule has 1 aliphatic heterocycles. The zero-order valence-electron chi connectivity index (χ0n) is 17.7. The van der Waals surface area contributed by atoms with Gasteiger partial charge in [0.25, 0.3) is 0 Å². The van der Waals surface area contributed by atoms with Gasteiger partial charge in [0.05, 0.1) is 34.0 Å². The van der Waals surface area contributed by atoms with Gasteiger partial charge in [-0.05, 0) is 32.9 Å². The Kier molecular flexibility index (Phi) is 11.6. The Morgan fingerprint density at radius 3 is 2.75 bits per heavy atom. The van der Waals surface area contributed by atoms with Gasteiger partial charge in [-0.15, -0.1) is 24.0 Å². The molecule has 2 N–H and O–H groups in total. The highest BCUT2D eigenvalue weighted by Gasteiger charge is 2.23. The Labute approximate surface area is 186 Å². The van der Waals surface area contributed by atoms with E-state index in [4.69, 9.17) is 19.2 Å². The quantitative estimate of drug-likeness (QED) is 0.321. The van der Waals surface area contributed by atoms with Crippen LogP contribution < -0.4 is 20.1 Å². The van der Waals surface area contributed by atoms with E-state index in [1.54, 1.807) is 14.2 Å². The molecular formula is C20H35IN4O3. The summed E-state index contributed by atoms with van der Waals surface area (Å²) in [6.45, 7) is 11.3. The smallest absolute Gasteiger partial charge is 0.191 e. The van der Waals surface area contributed by atoms with Crippen molar-refractivity contribution in [3.63, 3.8) is 0 Å². The van der Waals surface area contributed by atoms with Crippen LogP contribution in [0.3, 0.4) is 0 Å². The number of methoxy groups -OCH3 is 2. The molecular weight excluding hydrogens is 471 g/mol. The highest BCUT2D eigenvalue weighted by Crippen LogP contribution is 2.25. The molecule has 1 heterocycles. The summed E-state index contributed by atoms with van der Waals surface area (Å²) in [5.74, 6) is 2.37. The SMILES string of the molecule is CCNC(=NCc1ccc(OC)cc1OC)NCC(C)N1CCOCC1C.I. The molecule has 0 spiro atoms. The summed E-state index contributed by atoms with van der Waals surface area (Å²) in [4.78, 5) is 7.19. The molecule has 0 aliphatic carbocycles.